The van der Waals surface area contributed by atoms with Crippen LogP contribution in [0.3, 0.4) is 0 Å². The number of amides is 1. The molecule has 1 N–H and O–H groups in total. The number of benzene rings is 2. The molecular weight excluding hydrogens is 403 g/mol. The highest BCUT2D eigenvalue weighted by Crippen LogP contribution is 2.41. The van der Waals surface area contributed by atoms with E-state index in [0.29, 0.717) is 17.6 Å². The first-order valence-corrected chi connectivity index (χ1v) is 10.5. The number of anilines is 1. The first kappa shape index (κ1) is 18.7. The summed E-state index contributed by atoms with van der Waals surface area (Å²) in [6.45, 7) is 4.44. The summed E-state index contributed by atoms with van der Waals surface area (Å²) in [6, 6.07) is 12.2. The van der Waals surface area contributed by atoms with E-state index in [4.69, 9.17) is 9.72 Å². The van der Waals surface area contributed by atoms with E-state index in [1.807, 2.05) is 38.1 Å². The van der Waals surface area contributed by atoms with Crippen LogP contribution in [-0.4, -0.2) is 27.3 Å². The Kier molecular flexibility index (Phi) is 4.51. The van der Waals surface area contributed by atoms with Gasteiger partial charge in [-0.05, 0) is 49.7 Å². The Labute approximate surface area is 176 Å². The lowest BCUT2D eigenvalue weighted by Gasteiger charge is -2.24. The van der Waals surface area contributed by atoms with Crippen LogP contribution in [0.25, 0.3) is 15.3 Å². The quantitative estimate of drug-likeness (QED) is 0.513. The third-order valence-electron chi connectivity index (χ3n) is 5.19. The van der Waals surface area contributed by atoms with Gasteiger partial charge in [-0.3, -0.25) is 4.79 Å². The molecule has 152 valence electrons. The Morgan fingerprint density at radius 3 is 2.97 bits per heavy atom. The fraction of sp³-hybridized carbons (Fsp3) is 0.227. The molecule has 0 fully saturated rings. The molecule has 1 aliphatic rings. The summed E-state index contributed by atoms with van der Waals surface area (Å²) in [5, 5.41) is 8.28. The number of ether oxygens (including phenoxy) is 1. The van der Waals surface area contributed by atoms with E-state index in [9.17, 15) is 9.18 Å². The van der Waals surface area contributed by atoms with Crippen molar-refractivity contribution in [3.8, 4) is 10.9 Å². The predicted molar refractivity (Wildman–Crippen MR) is 114 cm³/mol. The number of aryl methyl sites for hydroxylation is 1. The number of carbonyl (C=O) groups is 1. The number of nitrogens with zero attached hydrogens (tertiary/aromatic N) is 3. The molecule has 30 heavy (non-hydrogen) atoms. The smallest absolute Gasteiger partial charge is 0.226 e. The van der Waals surface area contributed by atoms with Gasteiger partial charge in [0.15, 0.2) is 0 Å². The van der Waals surface area contributed by atoms with Crippen LogP contribution in [0.4, 0.5) is 10.2 Å². The van der Waals surface area contributed by atoms with Gasteiger partial charge in [0.1, 0.15) is 17.4 Å². The molecule has 4 aromatic rings. The first-order valence-electron chi connectivity index (χ1n) is 9.72. The highest BCUT2D eigenvalue weighted by Gasteiger charge is 2.33. The Balaban J connectivity index is 1.63. The molecule has 0 bridgehead atoms. The van der Waals surface area contributed by atoms with E-state index in [1.165, 1.54) is 23.5 Å². The molecule has 0 radical (unpaired) electrons. The van der Waals surface area contributed by atoms with Crippen LogP contribution in [0.2, 0.25) is 0 Å². The lowest BCUT2D eigenvalue weighted by molar-refractivity contribution is -0.116. The number of fused-ring (bicyclic) bond motifs is 2. The van der Waals surface area contributed by atoms with Crippen molar-refractivity contribution in [1.82, 2.24) is 14.8 Å². The number of nitrogens with one attached hydrogen (secondary N) is 1. The topological polar surface area (TPSA) is 69.0 Å². The van der Waals surface area contributed by atoms with Crippen LogP contribution >= 0.6 is 11.3 Å². The summed E-state index contributed by atoms with van der Waals surface area (Å²) in [5.41, 5.74) is 3.28. The van der Waals surface area contributed by atoms with Gasteiger partial charge in [-0.15, -0.1) is 0 Å². The molecule has 0 saturated heterocycles. The lowest BCUT2D eigenvalue weighted by atomic mass is 9.86. The van der Waals surface area contributed by atoms with E-state index in [2.05, 4.69) is 10.4 Å². The molecule has 1 amide bonds. The van der Waals surface area contributed by atoms with Gasteiger partial charge in [0, 0.05) is 17.9 Å². The molecule has 1 aliphatic heterocycles. The van der Waals surface area contributed by atoms with Crippen molar-refractivity contribution < 1.29 is 13.9 Å². The molecule has 2 aromatic heterocycles. The zero-order chi connectivity index (χ0) is 20.8. The number of hydrogen-bond donors (Lipinski definition) is 1. The van der Waals surface area contributed by atoms with E-state index >= 15 is 0 Å². The van der Waals surface area contributed by atoms with Gasteiger partial charge >= 0.3 is 0 Å². The zero-order valence-electron chi connectivity index (χ0n) is 16.5. The van der Waals surface area contributed by atoms with Gasteiger partial charge in [-0.25, -0.2) is 9.37 Å². The van der Waals surface area contributed by atoms with E-state index in [0.717, 1.165) is 32.8 Å². The van der Waals surface area contributed by atoms with Gasteiger partial charge in [0.2, 0.25) is 11.0 Å². The Morgan fingerprint density at radius 1 is 1.30 bits per heavy atom. The minimum atomic E-state index is -0.318. The molecule has 3 heterocycles. The monoisotopic (exact) mass is 422 g/mol. The van der Waals surface area contributed by atoms with Crippen LogP contribution < -0.4 is 10.1 Å². The molecule has 0 saturated carbocycles. The van der Waals surface area contributed by atoms with Crippen LogP contribution in [0.5, 0.6) is 5.75 Å². The number of thiazole rings is 1. The lowest BCUT2D eigenvalue weighted by Crippen LogP contribution is -2.25. The SMILES string of the molecule is CCOc1ccc2nc(-n3nc(C)c4c3NC(=O)CC4c3cccc(F)c3)sc2c1. The van der Waals surface area contributed by atoms with E-state index < -0.39 is 0 Å². The number of rotatable bonds is 4. The van der Waals surface area contributed by atoms with Crippen molar-refractivity contribution in [2.75, 3.05) is 11.9 Å². The average molecular weight is 422 g/mol. The Hall–Kier alpha value is -3.26. The molecule has 8 heteroatoms. The number of hydrogen-bond acceptors (Lipinski definition) is 5. The van der Waals surface area contributed by atoms with Gasteiger partial charge in [0.05, 0.1) is 22.5 Å². The summed E-state index contributed by atoms with van der Waals surface area (Å²) in [6.07, 6.45) is 0.251. The van der Waals surface area contributed by atoms with Crippen LogP contribution in [0.1, 0.15) is 36.1 Å². The van der Waals surface area contributed by atoms with Crippen LogP contribution in [0, 0.1) is 12.7 Å². The number of carbonyl (C=O) groups excluding carboxylic acids is 1. The Bertz CT molecular complexity index is 1280. The van der Waals surface area contributed by atoms with Crippen LogP contribution in [-0.2, 0) is 4.79 Å². The second-order valence-electron chi connectivity index (χ2n) is 7.18. The highest BCUT2D eigenvalue weighted by molar-refractivity contribution is 7.20. The molecule has 1 unspecified atom stereocenters. The van der Waals surface area contributed by atoms with Crippen molar-refractivity contribution >= 4 is 33.3 Å². The summed E-state index contributed by atoms with van der Waals surface area (Å²) < 4.78 is 22.1. The van der Waals surface area contributed by atoms with Crippen LogP contribution in [0.15, 0.2) is 42.5 Å². The number of halogens is 1. The zero-order valence-corrected chi connectivity index (χ0v) is 17.3. The minimum absolute atomic E-state index is 0.127. The third-order valence-corrected chi connectivity index (χ3v) is 6.19. The van der Waals surface area contributed by atoms with Gasteiger partial charge in [-0.1, -0.05) is 23.5 Å². The molecule has 5 rings (SSSR count). The maximum Gasteiger partial charge on any atom is 0.226 e. The van der Waals surface area contributed by atoms with Crippen molar-refractivity contribution in [1.29, 1.82) is 0 Å². The molecule has 2 aromatic carbocycles. The van der Waals surface area contributed by atoms with Gasteiger partial charge < -0.3 is 10.1 Å². The maximum absolute atomic E-state index is 13.8. The standard InChI is InChI=1S/C22H19FN4O2S/c1-3-29-15-7-8-17-18(10-15)30-22(24-17)27-21-20(12(2)26-27)16(11-19(28)25-21)13-5-4-6-14(23)9-13/h4-10,16H,3,11H2,1-2H3,(H,25,28). The third kappa shape index (κ3) is 3.13. The largest absolute Gasteiger partial charge is 0.494 e. The minimum Gasteiger partial charge on any atom is -0.494 e. The molecule has 0 spiro atoms. The van der Waals surface area contributed by atoms with Crippen molar-refractivity contribution in [3.05, 3.63) is 65.1 Å². The number of aromatic nitrogens is 3. The summed E-state index contributed by atoms with van der Waals surface area (Å²) in [5.74, 6) is 0.691. The van der Waals surface area contributed by atoms with Gasteiger partial charge in [-0.2, -0.15) is 9.78 Å². The fourth-order valence-corrected chi connectivity index (χ4v) is 4.89. The van der Waals surface area contributed by atoms with Gasteiger partial charge in [0.25, 0.3) is 0 Å². The second-order valence-corrected chi connectivity index (χ2v) is 8.19. The summed E-state index contributed by atoms with van der Waals surface area (Å²) in [4.78, 5) is 17.2. The molecule has 0 aliphatic carbocycles. The molecular formula is C22H19FN4O2S. The fourth-order valence-electron chi connectivity index (χ4n) is 3.93. The van der Waals surface area contributed by atoms with Crippen molar-refractivity contribution in [3.63, 3.8) is 0 Å². The molecule has 6 nitrogen and oxygen atoms in total. The summed E-state index contributed by atoms with van der Waals surface area (Å²) in [7, 11) is 0. The second kappa shape index (κ2) is 7.21. The van der Waals surface area contributed by atoms with E-state index in [1.54, 1.807) is 10.7 Å². The highest BCUT2D eigenvalue weighted by atomic mass is 32.1. The van der Waals surface area contributed by atoms with Crippen molar-refractivity contribution in [2.24, 2.45) is 0 Å². The Morgan fingerprint density at radius 2 is 2.17 bits per heavy atom. The van der Waals surface area contributed by atoms with E-state index in [-0.39, 0.29) is 24.1 Å². The summed E-state index contributed by atoms with van der Waals surface area (Å²) >= 11 is 1.48. The first-order chi connectivity index (χ1) is 14.5. The molecule has 1 atom stereocenters. The maximum atomic E-state index is 13.8. The average Bonchev–Trinajstić information content (AvgIpc) is 3.28. The normalized spacial score (nSPS) is 15.8. The predicted octanol–water partition coefficient (Wildman–Crippen LogP) is 4.80. The van der Waals surface area contributed by atoms with Crippen molar-refractivity contribution in [2.45, 2.75) is 26.2 Å².